The molecule has 0 saturated carbocycles. The molecule has 0 spiro atoms. The molecule has 3 unspecified atom stereocenters. The van der Waals surface area contributed by atoms with Crippen molar-refractivity contribution in [3.8, 4) is 0 Å². The first kappa shape index (κ1) is 22.9. The van der Waals surface area contributed by atoms with Crippen LogP contribution in [0.1, 0.15) is 44.1 Å². The Kier molecular flexibility index (Phi) is 6.59. The average molecular weight is 466 g/mol. The van der Waals surface area contributed by atoms with Crippen molar-refractivity contribution in [1.82, 2.24) is 25.0 Å². The van der Waals surface area contributed by atoms with Gasteiger partial charge in [0.25, 0.3) is 5.91 Å². The Bertz CT molecular complexity index is 1060. The molecule has 182 valence electrons. The number of nitrogens with zero attached hydrogens (tertiary/aromatic N) is 3. The molecule has 0 aliphatic carbocycles. The van der Waals surface area contributed by atoms with Crippen molar-refractivity contribution in [3.63, 3.8) is 0 Å². The summed E-state index contributed by atoms with van der Waals surface area (Å²) in [6, 6.07) is 7.37. The van der Waals surface area contributed by atoms with Crippen LogP contribution in [0.25, 0.3) is 10.9 Å². The third kappa shape index (κ3) is 4.56. The molecule has 0 radical (unpaired) electrons. The van der Waals surface area contributed by atoms with Gasteiger partial charge in [0.15, 0.2) is 0 Å². The molecule has 3 fully saturated rings. The summed E-state index contributed by atoms with van der Waals surface area (Å²) in [7, 11) is 1.83. The van der Waals surface area contributed by atoms with Gasteiger partial charge in [-0.25, -0.2) is 4.79 Å². The van der Waals surface area contributed by atoms with Gasteiger partial charge in [-0.05, 0) is 62.7 Å². The molecule has 4 amide bonds. The first-order valence-corrected chi connectivity index (χ1v) is 12.7. The van der Waals surface area contributed by atoms with Gasteiger partial charge >= 0.3 is 6.03 Å². The first-order valence-electron chi connectivity index (χ1n) is 12.7. The van der Waals surface area contributed by atoms with Crippen molar-refractivity contribution in [2.24, 2.45) is 5.92 Å². The number of para-hydroxylation sites is 1. The number of hydrogen-bond donors (Lipinski definition) is 2. The summed E-state index contributed by atoms with van der Waals surface area (Å²) >= 11 is 0. The van der Waals surface area contributed by atoms with Crippen molar-refractivity contribution in [3.05, 3.63) is 36.0 Å². The number of hydrogen-bond acceptors (Lipinski definition) is 4. The van der Waals surface area contributed by atoms with E-state index in [1.165, 1.54) is 43.7 Å². The van der Waals surface area contributed by atoms with Crippen LogP contribution in [0.2, 0.25) is 0 Å². The molecule has 3 aliphatic heterocycles. The van der Waals surface area contributed by atoms with E-state index in [0.717, 1.165) is 29.4 Å². The summed E-state index contributed by atoms with van der Waals surface area (Å²) in [4.78, 5) is 47.3. The highest BCUT2D eigenvalue weighted by molar-refractivity contribution is 6.05. The van der Waals surface area contributed by atoms with Gasteiger partial charge in [-0.2, -0.15) is 0 Å². The number of nitrogens with one attached hydrogen (secondary N) is 2. The van der Waals surface area contributed by atoms with Crippen LogP contribution in [-0.2, 0) is 16.0 Å². The molecule has 2 N–H and O–H groups in total. The zero-order valence-corrected chi connectivity index (χ0v) is 20.0. The van der Waals surface area contributed by atoms with Crippen LogP contribution in [-0.4, -0.2) is 82.8 Å². The molecule has 4 heterocycles. The number of carbonyl (C=O) groups is 3. The summed E-state index contributed by atoms with van der Waals surface area (Å²) in [5.74, 6) is 0.109. The molecule has 2 aromatic rings. The van der Waals surface area contributed by atoms with E-state index in [1.54, 1.807) is 4.90 Å². The number of aromatic amines is 1. The van der Waals surface area contributed by atoms with Gasteiger partial charge in [0.05, 0.1) is 6.42 Å². The number of benzene rings is 1. The molecule has 5 rings (SSSR count). The standard InChI is InChI=1S/C26H35N5O3/c1-29(17-19-7-6-13-30-12-5-4-10-23(19)30)24(32)15-22-25(33)31(26(34)28-22)14-11-18-16-27-21-9-3-2-8-20(18)21/h2-3,8-9,16,19,22-23,27H,4-7,10-15,17H2,1H3,(H,28,34). The molecular formula is C26H35N5O3. The Labute approximate surface area is 200 Å². The van der Waals surface area contributed by atoms with Crippen molar-refractivity contribution < 1.29 is 14.4 Å². The van der Waals surface area contributed by atoms with E-state index in [0.29, 0.717) is 24.9 Å². The second-order valence-electron chi connectivity index (χ2n) is 10.1. The predicted molar refractivity (Wildman–Crippen MR) is 130 cm³/mol. The largest absolute Gasteiger partial charge is 0.361 e. The lowest BCUT2D eigenvalue weighted by atomic mass is 9.83. The second-order valence-corrected chi connectivity index (χ2v) is 10.1. The smallest absolute Gasteiger partial charge is 0.324 e. The average Bonchev–Trinajstić information content (AvgIpc) is 3.38. The van der Waals surface area contributed by atoms with Gasteiger partial charge in [0, 0.05) is 43.3 Å². The van der Waals surface area contributed by atoms with E-state index >= 15 is 0 Å². The van der Waals surface area contributed by atoms with E-state index in [1.807, 2.05) is 37.5 Å². The maximum absolute atomic E-state index is 13.0. The zero-order valence-electron chi connectivity index (χ0n) is 20.0. The minimum atomic E-state index is -0.775. The number of urea groups is 1. The van der Waals surface area contributed by atoms with Crippen molar-refractivity contribution in [1.29, 1.82) is 0 Å². The van der Waals surface area contributed by atoms with Gasteiger partial charge in [0.1, 0.15) is 6.04 Å². The fourth-order valence-electron chi connectivity index (χ4n) is 6.07. The Balaban J connectivity index is 1.15. The minimum Gasteiger partial charge on any atom is -0.361 e. The van der Waals surface area contributed by atoms with E-state index in [4.69, 9.17) is 0 Å². The summed E-state index contributed by atoms with van der Waals surface area (Å²) in [6.45, 7) is 3.37. The number of amides is 4. The van der Waals surface area contributed by atoms with Gasteiger partial charge in [0.2, 0.25) is 5.91 Å². The molecule has 34 heavy (non-hydrogen) atoms. The Morgan fingerprint density at radius 3 is 2.82 bits per heavy atom. The fourth-order valence-corrected chi connectivity index (χ4v) is 6.07. The van der Waals surface area contributed by atoms with Crippen LogP contribution in [0.4, 0.5) is 4.79 Å². The first-order chi connectivity index (χ1) is 16.5. The van der Waals surface area contributed by atoms with Gasteiger partial charge in [-0.3, -0.25) is 14.5 Å². The number of carbonyl (C=O) groups excluding carboxylic acids is 3. The Morgan fingerprint density at radius 1 is 1.12 bits per heavy atom. The van der Waals surface area contributed by atoms with Gasteiger partial charge < -0.3 is 20.1 Å². The highest BCUT2D eigenvalue weighted by atomic mass is 16.2. The lowest BCUT2D eigenvalue weighted by Crippen LogP contribution is -2.51. The lowest BCUT2D eigenvalue weighted by Gasteiger charge is -2.45. The predicted octanol–water partition coefficient (Wildman–Crippen LogP) is 2.74. The molecule has 0 bridgehead atoms. The maximum atomic E-state index is 13.0. The van der Waals surface area contributed by atoms with Crippen LogP contribution >= 0.6 is 0 Å². The molecule has 3 atom stereocenters. The Morgan fingerprint density at radius 2 is 1.94 bits per heavy atom. The second kappa shape index (κ2) is 9.78. The van der Waals surface area contributed by atoms with Crippen LogP contribution in [0.3, 0.4) is 0 Å². The van der Waals surface area contributed by atoms with E-state index < -0.39 is 12.1 Å². The van der Waals surface area contributed by atoms with E-state index in [-0.39, 0.29) is 18.2 Å². The molecule has 3 aliphatic rings. The van der Waals surface area contributed by atoms with E-state index in [2.05, 4.69) is 15.2 Å². The molecule has 3 saturated heterocycles. The third-order valence-corrected chi connectivity index (χ3v) is 7.93. The van der Waals surface area contributed by atoms with Gasteiger partial charge in [-0.1, -0.05) is 24.6 Å². The quantitative estimate of drug-likeness (QED) is 0.616. The highest BCUT2D eigenvalue weighted by Crippen LogP contribution is 2.31. The number of imide groups is 1. The summed E-state index contributed by atoms with van der Waals surface area (Å²) in [5, 5.41) is 3.83. The van der Waals surface area contributed by atoms with Crippen LogP contribution in [0.15, 0.2) is 30.5 Å². The fraction of sp³-hybridized carbons (Fsp3) is 0.577. The molecule has 8 heteroatoms. The van der Waals surface area contributed by atoms with Crippen molar-refractivity contribution in [2.75, 3.05) is 33.2 Å². The maximum Gasteiger partial charge on any atom is 0.324 e. The molecule has 8 nitrogen and oxygen atoms in total. The van der Waals surface area contributed by atoms with Crippen LogP contribution < -0.4 is 5.32 Å². The lowest BCUT2D eigenvalue weighted by molar-refractivity contribution is -0.135. The van der Waals surface area contributed by atoms with E-state index in [9.17, 15) is 14.4 Å². The SMILES string of the molecule is CN(CC1CCCN2CCCCC12)C(=O)CC1NC(=O)N(CCc2c[nH]c3ccccc23)C1=O. The summed E-state index contributed by atoms with van der Waals surface area (Å²) in [6.07, 6.45) is 8.62. The normalized spacial score (nSPS) is 25.4. The zero-order chi connectivity index (χ0) is 23.7. The number of fused-ring (bicyclic) bond motifs is 2. The topological polar surface area (TPSA) is 88.8 Å². The molecule has 1 aromatic heterocycles. The Hall–Kier alpha value is -2.87. The van der Waals surface area contributed by atoms with Crippen LogP contribution in [0.5, 0.6) is 0 Å². The van der Waals surface area contributed by atoms with Gasteiger partial charge in [-0.15, -0.1) is 0 Å². The summed E-state index contributed by atoms with van der Waals surface area (Å²) < 4.78 is 0. The summed E-state index contributed by atoms with van der Waals surface area (Å²) in [5.41, 5.74) is 2.11. The highest BCUT2D eigenvalue weighted by Gasteiger charge is 2.40. The minimum absolute atomic E-state index is 0.0196. The number of rotatable bonds is 7. The van der Waals surface area contributed by atoms with Crippen molar-refractivity contribution in [2.45, 2.75) is 57.0 Å². The molecule has 1 aromatic carbocycles. The molecular weight excluding hydrogens is 430 g/mol. The van der Waals surface area contributed by atoms with Crippen molar-refractivity contribution >= 4 is 28.7 Å². The van der Waals surface area contributed by atoms with Crippen LogP contribution in [0, 0.1) is 5.92 Å². The third-order valence-electron chi connectivity index (χ3n) is 7.93. The monoisotopic (exact) mass is 465 g/mol. The number of piperidine rings is 2. The number of aromatic nitrogens is 1. The number of H-pyrrole nitrogens is 1.